The number of hydrogen-bond donors (Lipinski definition) is 0. The van der Waals surface area contributed by atoms with Crippen LogP contribution in [0.1, 0.15) is 5.56 Å². The van der Waals surface area contributed by atoms with Gasteiger partial charge in [-0.2, -0.15) is 0 Å². The Kier molecular flexibility index (Phi) is 4.54. The van der Waals surface area contributed by atoms with E-state index in [9.17, 15) is 8.42 Å². The molecule has 1 aliphatic heterocycles. The van der Waals surface area contributed by atoms with Crippen LogP contribution in [0.3, 0.4) is 0 Å². The summed E-state index contributed by atoms with van der Waals surface area (Å²) in [7, 11) is -1.82. The van der Waals surface area contributed by atoms with E-state index in [1.807, 2.05) is 54.6 Å². The number of rotatable bonds is 5. The molecule has 122 valence electrons. The van der Waals surface area contributed by atoms with Crippen LogP contribution in [0.2, 0.25) is 0 Å². The Balaban J connectivity index is 1.64. The summed E-state index contributed by atoms with van der Waals surface area (Å²) in [5, 5.41) is 0. The Bertz CT molecular complexity index is 761. The molecule has 0 saturated carbocycles. The van der Waals surface area contributed by atoms with Crippen molar-refractivity contribution in [2.24, 2.45) is 0 Å². The van der Waals surface area contributed by atoms with Crippen LogP contribution in [0.25, 0.3) is 0 Å². The van der Waals surface area contributed by atoms with Gasteiger partial charge in [0, 0.05) is 7.05 Å². The van der Waals surface area contributed by atoms with Gasteiger partial charge in [-0.1, -0.05) is 42.5 Å². The smallest absolute Gasteiger partial charge is 0.218 e. The fraction of sp³-hybridized carbons (Fsp3) is 0.294. The highest BCUT2D eigenvalue weighted by Gasteiger charge is 2.26. The van der Waals surface area contributed by atoms with E-state index in [-0.39, 0.29) is 18.4 Å². The molecule has 1 heterocycles. The molecule has 5 nitrogen and oxygen atoms in total. The van der Waals surface area contributed by atoms with Gasteiger partial charge in [0.1, 0.15) is 12.7 Å². The van der Waals surface area contributed by atoms with Gasteiger partial charge in [-0.25, -0.2) is 12.7 Å². The standard InChI is InChI=1S/C17H19NO4S/c1-18(23(19,20)13-14-7-3-2-4-8-14)11-15-12-21-16-9-5-6-10-17(16)22-15/h2-10,15H,11-13H2,1H3. The lowest BCUT2D eigenvalue weighted by Crippen LogP contribution is -2.42. The predicted molar refractivity (Wildman–Crippen MR) is 88.0 cm³/mol. The quantitative estimate of drug-likeness (QED) is 0.842. The third-order valence-corrected chi connectivity index (χ3v) is 5.49. The van der Waals surface area contributed by atoms with E-state index in [1.165, 1.54) is 4.31 Å². The van der Waals surface area contributed by atoms with Crippen molar-refractivity contribution in [3.05, 3.63) is 60.2 Å². The third kappa shape index (κ3) is 3.83. The van der Waals surface area contributed by atoms with E-state index in [0.29, 0.717) is 18.1 Å². The average molecular weight is 333 g/mol. The summed E-state index contributed by atoms with van der Waals surface area (Å²) in [4.78, 5) is 0. The van der Waals surface area contributed by atoms with Crippen LogP contribution in [-0.4, -0.2) is 39.0 Å². The van der Waals surface area contributed by atoms with Gasteiger partial charge in [-0.15, -0.1) is 0 Å². The molecule has 0 aromatic heterocycles. The third-order valence-electron chi connectivity index (χ3n) is 3.70. The second-order valence-corrected chi connectivity index (χ2v) is 7.60. The first-order valence-electron chi connectivity index (χ1n) is 7.41. The SMILES string of the molecule is CN(CC1COc2ccccc2O1)S(=O)(=O)Cc1ccccc1. The van der Waals surface area contributed by atoms with Gasteiger partial charge < -0.3 is 9.47 Å². The highest BCUT2D eigenvalue weighted by molar-refractivity contribution is 7.88. The fourth-order valence-corrected chi connectivity index (χ4v) is 3.68. The molecule has 23 heavy (non-hydrogen) atoms. The van der Waals surface area contributed by atoms with Crippen LogP contribution in [0.5, 0.6) is 11.5 Å². The van der Waals surface area contributed by atoms with Gasteiger partial charge in [0.25, 0.3) is 0 Å². The zero-order valence-corrected chi connectivity index (χ0v) is 13.7. The minimum absolute atomic E-state index is 0.0193. The number of para-hydroxylation sites is 2. The summed E-state index contributed by atoms with van der Waals surface area (Å²) in [6, 6.07) is 16.5. The Hall–Kier alpha value is -2.05. The molecular formula is C17H19NO4S. The van der Waals surface area contributed by atoms with Crippen LogP contribution < -0.4 is 9.47 Å². The summed E-state index contributed by atoms with van der Waals surface area (Å²) >= 11 is 0. The van der Waals surface area contributed by atoms with Crippen molar-refractivity contribution < 1.29 is 17.9 Å². The number of ether oxygens (including phenoxy) is 2. The lowest BCUT2D eigenvalue weighted by Gasteiger charge is -2.29. The first kappa shape index (κ1) is 15.8. The minimum atomic E-state index is -3.39. The second kappa shape index (κ2) is 6.60. The first-order chi connectivity index (χ1) is 11.0. The Morgan fingerprint density at radius 3 is 2.43 bits per heavy atom. The van der Waals surface area contributed by atoms with Gasteiger partial charge in [-0.3, -0.25) is 0 Å². The highest BCUT2D eigenvalue weighted by atomic mass is 32.2. The summed E-state index contributed by atoms with van der Waals surface area (Å²) in [6.45, 7) is 0.589. The van der Waals surface area contributed by atoms with Crippen molar-refractivity contribution in [2.75, 3.05) is 20.2 Å². The number of sulfonamides is 1. The monoisotopic (exact) mass is 333 g/mol. The molecule has 2 aromatic rings. The number of nitrogens with zero attached hydrogens (tertiary/aromatic N) is 1. The molecule has 0 bridgehead atoms. The largest absolute Gasteiger partial charge is 0.486 e. The number of benzene rings is 2. The summed E-state index contributed by atoms with van der Waals surface area (Å²) in [5.74, 6) is 1.32. The van der Waals surface area contributed by atoms with Gasteiger partial charge in [0.2, 0.25) is 10.0 Å². The molecule has 1 unspecified atom stereocenters. The van der Waals surface area contributed by atoms with Gasteiger partial charge in [0.15, 0.2) is 11.5 Å². The summed E-state index contributed by atoms with van der Waals surface area (Å²) in [5.41, 5.74) is 0.769. The van der Waals surface area contributed by atoms with Crippen molar-refractivity contribution in [1.82, 2.24) is 4.31 Å². The van der Waals surface area contributed by atoms with Crippen molar-refractivity contribution >= 4 is 10.0 Å². The maximum atomic E-state index is 12.4. The van der Waals surface area contributed by atoms with Crippen LogP contribution >= 0.6 is 0 Å². The summed E-state index contributed by atoms with van der Waals surface area (Å²) < 4.78 is 37.7. The topological polar surface area (TPSA) is 55.8 Å². The van der Waals surface area contributed by atoms with Crippen LogP contribution in [-0.2, 0) is 15.8 Å². The Morgan fingerprint density at radius 1 is 1.04 bits per heavy atom. The molecule has 0 amide bonds. The second-order valence-electron chi connectivity index (χ2n) is 5.52. The maximum Gasteiger partial charge on any atom is 0.218 e. The first-order valence-corrected chi connectivity index (χ1v) is 9.02. The van der Waals surface area contributed by atoms with Crippen molar-refractivity contribution in [2.45, 2.75) is 11.9 Å². The molecule has 1 atom stereocenters. The normalized spacial score (nSPS) is 17.2. The molecule has 6 heteroatoms. The molecule has 0 fully saturated rings. The molecule has 0 radical (unpaired) electrons. The number of likely N-dealkylation sites (N-methyl/N-ethyl adjacent to an activating group) is 1. The zero-order chi connectivity index (χ0) is 16.3. The van der Waals surface area contributed by atoms with E-state index in [2.05, 4.69) is 0 Å². The lowest BCUT2D eigenvalue weighted by atomic mass is 10.2. The Labute approximate surface area is 136 Å². The molecule has 0 N–H and O–H groups in total. The highest BCUT2D eigenvalue weighted by Crippen LogP contribution is 2.31. The molecule has 0 spiro atoms. The zero-order valence-electron chi connectivity index (χ0n) is 12.9. The lowest BCUT2D eigenvalue weighted by molar-refractivity contribution is 0.0798. The minimum Gasteiger partial charge on any atom is -0.486 e. The number of hydrogen-bond acceptors (Lipinski definition) is 4. The molecular weight excluding hydrogens is 314 g/mol. The molecule has 2 aromatic carbocycles. The van der Waals surface area contributed by atoms with E-state index >= 15 is 0 Å². The van der Waals surface area contributed by atoms with E-state index in [0.717, 1.165) is 5.56 Å². The maximum absolute atomic E-state index is 12.4. The van der Waals surface area contributed by atoms with Gasteiger partial charge in [-0.05, 0) is 17.7 Å². The van der Waals surface area contributed by atoms with Crippen molar-refractivity contribution in [1.29, 1.82) is 0 Å². The van der Waals surface area contributed by atoms with Crippen LogP contribution in [0.15, 0.2) is 54.6 Å². The van der Waals surface area contributed by atoms with Crippen LogP contribution in [0.4, 0.5) is 0 Å². The average Bonchev–Trinajstić information content (AvgIpc) is 2.55. The molecule has 0 saturated heterocycles. The fourth-order valence-electron chi connectivity index (χ4n) is 2.45. The van der Waals surface area contributed by atoms with Crippen molar-refractivity contribution in [3.8, 4) is 11.5 Å². The van der Waals surface area contributed by atoms with E-state index in [4.69, 9.17) is 9.47 Å². The van der Waals surface area contributed by atoms with E-state index < -0.39 is 10.0 Å². The van der Waals surface area contributed by atoms with Gasteiger partial charge >= 0.3 is 0 Å². The molecule has 1 aliphatic rings. The van der Waals surface area contributed by atoms with Gasteiger partial charge in [0.05, 0.1) is 12.3 Å². The predicted octanol–water partition coefficient (Wildman–Crippen LogP) is 2.29. The molecule has 0 aliphatic carbocycles. The van der Waals surface area contributed by atoms with E-state index in [1.54, 1.807) is 7.05 Å². The van der Waals surface area contributed by atoms with Crippen LogP contribution in [0, 0.1) is 0 Å². The number of fused-ring (bicyclic) bond motifs is 1. The Morgan fingerprint density at radius 2 is 1.70 bits per heavy atom. The summed E-state index contributed by atoms with van der Waals surface area (Å²) in [6.07, 6.45) is -0.319. The van der Waals surface area contributed by atoms with Crippen molar-refractivity contribution in [3.63, 3.8) is 0 Å². The molecule has 3 rings (SSSR count).